The van der Waals surface area contributed by atoms with Crippen molar-refractivity contribution in [3.63, 3.8) is 0 Å². The molecule has 0 radical (unpaired) electrons. The lowest BCUT2D eigenvalue weighted by atomic mass is 10.0. The summed E-state index contributed by atoms with van der Waals surface area (Å²) in [6.07, 6.45) is 4.25. The average molecular weight is 652 g/mol. The minimum Gasteiger partial charge on any atom is -0.378 e. The van der Waals surface area contributed by atoms with Crippen molar-refractivity contribution in [3.05, 3.63) is 65.2 Å². The molecule has 2 heterocycles. The van der Waals surface area contributed by atoms with Crippen molar-refractivity contribution in [2.75, 3.05) is 64.3 Å². The van der Waals surface area contributed by atoms with Gasteiger partial charge in [0, 0.05) is 32.2 Å². The highest BCUT2D eigenvalue weighted by Gasteiger charge is 2.32. The van der Waals surface area contributed by atoms with Gasteiger partial charge in [0.15, 0.2) is 0 Å². The molecule has 0 bridgehead atoms. The second-order valence-electron chi connectivity index (χ2n) is 10.7. The van der Waals surface area contributed by atoms with Crippen molar-refractivity contribution in [1.82, 2.24) is 10.4 Å². The summed E-state index contributed by atoms with van der Waals surface area (Å²) >= 11 is 0. The normalized spacial score (nSPS) is 14.0. The molecule has 2 aliphatic heterocycles. The number of para-hydroxylation sites is 1. The maximum Gasteiger partial charge on any atom is 0.335 e. The molecular weight excluding hydrogens is 610 g/mol. The minimum atomic E-state index is -0.713. The first-order valence-corrected chi connectivity index (χ1v) is 15.7. The maximum atomic E-state index is 13.3. The van der Waals surface area contributed by atoms with Crippen LogP contribution in [-0.2, 0) is 54.3 Å². The van der Waals surface area contributed by atoms with Crippen LogP contribution in [0.15, 0.2) is 48.5 Å². The molecule has 0 unspecified atom stereocenters. The summed E-state index contributed by atoms with van der Waals surface area (Å²) in [6.45, 7) is 3.15. The zero-order valence-electron chi connectivity index (χ0n) is 26.4. The van der Waals surface area contributed by atoms with E-state index in [0.717, 1.165) is 22.4 Å². The topological polar surface area (TPSA) is 150 Å². The molecular formula is C34H41N3O10. The molecule has 1 fully saturated rings. The molecule has 13 heteroatoms. The molecule has 0 atom stereocenters. The smallest absolute Gasteiger partial charge is 0.335 e. The number of carbonyl (C=O) groups excluding carboxylic acids is 5. The Morgan fingerprint density at radius 1 is 0.660 bits per heavy atom. The highest BCUT2D eigenvalue weighted by molar-refractivity contribution is 6.01. The standard InChI is InChI=1S/C34H41N3O10/c38-30(11-12-31(39)36-25-28-7-2-1-5-26(28)9-10-27-6-3-4-8-29(27)36)35-16-18-44-20-22-46-24-23-45-21-19-43-17-15-34(42)47-37-32(40)13-14-33(37)41/h1-10H,11-25H2,(H,35,38). The summed E-state index contributed by atoms with van der Waals surface area (Å²) in [6, 6.07) is 15.7. The molecule has 47 heavy (non-hydrogen) atoms. The van der Waals surface area contributed by atoms with Crippen LogP contribution in [0.5, 0.6) is 0 Å². The Hall–Kier alpha value is -4.43. The van der Waals surface area contributed by atoms with Gasteiger partial charge in [0.25, 0.3) is 11.8 Å². The number of imide groups is 1. The molecule has 2 aromatic rings. The van der Waals surface area contributed by atoms with E-state index in [-0.39, 0.29) is 57.1 Å². The molecule has 252 valence electrons. The zero-order chi connectivity index (χ0) is 33.3. The third kappa shape index (κ3) is 11.7. The predicted molar refractivity (Wildman–Crippen MR) is 170 cm³/mol. The van der Waals surface area contributed by atoms with Crippen molar-refractivity contribution in [3.8, 4) is 0 Å². The number of nitrogens with one attached hydrogen (secondary N) is 1. The molecule has 1 N–H and O–H groups in total. The highest BCUT2D eigenvalue weighted by atomic mass is 16.7. The fourth-order valence-electron chi connectivity index (χ4n) is 4.80. The Balaban J connectivity index is 0.970. The number of hydrogen-bond acceptors (Lipinski definition) is 10. The van der Waals surface area contributed by atoms with Crippen LogP contribution in [0.3, 0.4) is 0 Å². The van der Waals surface area contributed by atoms with E-state index >= 15 is 0 Å². The van der Waals surface area contributed by atoms with Crippen molar-refractivity contribution in [2.24, 2.45) is 0 Å². The van der Waals surface area contributed by atoms with Crippen LogP contribution in [0.2, 0.25) is 0 Å². The van der Waals surface area contributed by atoms with Gasteiger partial charge in [-0.1, -0.05) is 54.6 Å². The molecule has 2 aromatic carbocycles. The van der Waals surface area contributed by atoms with Crippen LogP contribution >= 0.6 is 0 Å². The minimum absolute atomic E-state index is 0.0488. The highest BCUT2D eigenvalue weighted by Crippen LogP contribution is 2.29. The van der Waals surface area contributed by atoms with E-state index in [4.69, 9.17) is 23.8 Å². The maximum absolute atomic E-state index is 13.3. The van der Waals surface area contributed by atoms with Gasteiger partial charge in [-0.25, -0.2) is 4.79 Å². The Labute approximate surface area is 273 Å². The number of hydrogen-bond donors (Lipinski definition) is 1. The van der Waals surface area contributed by atoms with Crippen LogP contribution in [-0.4, -0.2) is 94.1 Å². The van der Waals surface area contributed by atoms with Gasteiger partial charge in [-0.3, -0.25) is 19.2 Å². The number of anilines is 1. The van der Waals surface area contributed by atoms with Crippen LogP contribution < -0.4 is 10.2 Å². The van der Waals surface area contributed by atoms with Crippen molar-refractivity contribution in [2.45, 2.75) is 38.6 Å². The van der Waals surface area contributed by atoms with Gasteiger partial charge in [-0.2, -0.15) is 0 Å². The first-order chi connectivity index (χ1) is 22.9. The zero-order valence-corrected chi connectivity index (χ0v) is 26.4. The van der Waals surface area contributed by atoms with Crippen molar-refractivity contribution < 1.29 is 47.8 Å². The number of amides is 4. The molecule has 13 nitrogen and oxygen atoms in total. The Bertz CT molecular complexity index is 1400. The molecule has 4 rings (SSSR count). The van der Waals surface area contributed by atoms with E-state index in [2.05, 4.69) is 11.4 Å². The fraction of sp³-hybridized carbons (Fsp3) is 0.441. The third-order valence-corrected chi connectivity index (χ3v) is 7.25. The van der Waals surface area contributed by atoms with Crippen LogP contribution in [0, 0.1) is 0 Å². The van der Waals surface area contributed by atoms with Gasteiger partial charge in [0.05, 0.1) is 71.5 Å². The van der Waals surface area contributed by atoms with Gasteiger partial charge in [-0.05, 0) is 22.8 Å². The summed E-state index contributed by atoms with van der Waals surface area (Å²) < 4.78 is 21.6. The number of carbonyl (C=O) groups is 5. The van der Waals surface area contributed by atoms with E-state index in [1.165, 1.54) is 0 Å². The van der Waals surface area contributed by atoms with E-state index < -0.39 is 17.8 Å². The first-order valence-electron chi connectivity index (χ1n) is 15.7. The molecule has 0 aromatic heterocycles. The van der Waals surface area contributed by atoms with Gasteiger partial charge >= 0.3 is 5.97 Å². The number of hydroxylamine groups is 2. The van der Waals surface area contributed by atoms with Crippen LogP contribution in [0.1, 0.15) is 48.8 Å². The average Bonchev–Trinajstić information content (AvgIpc) is 3.38. The van der Waals surface area contributed by atoms with E-state index in [1.54, 1.807) is 4.90 Å². The van der Waals surface area contributed by atoms with E-state index in [1.807, 2.05) is 54.6 Å². The van der Waals surface area contributed by atoms with Gasteiger partial charge in [0.2, 0.25) is 11.8 Å². The molecule has 1 saturated heterocycles. The molecule has 2 aliphatic rings. The lowest BCUT2D eigenvalue weighted by Crippen LogP contribution is -2.33. The second kappa shape index (κ2) is 19.3. The van der Waals surface area contributed by atoms with E-state index in [0.29, 0.717) is 57.8 Å². The lowest BCUT2D eigenvalue weighted by molar-refractivity contribution is -0.198. The van der Waals surface area contributed by atoms with Crippen molar-refractivity contribution in [1.29, 1.82) is 0 Å². The Morgan fingerprint density at radius 2 is 1.23 bits per heavy atom. The van der Waals surface area contributed by atoms with Crippen molar-refractivity contribution >= 4 is 47.4 Å². The number of ether oxygens (including phenoxy) is 4. The summed E-state index contributed by atoms with van der Waals surface area (Å²) in [7, 11) is 0. The Morgan fingerprint density at radius 3 is 1.94 bits per heavy atom. The molecule has 0 aliphatic carbocycles. The summed E-state index contributed by atoms with van der Waals surface area (Å²) in [5.41, 5.74) is 3.88. The van der Waals surface area contributed by atoms with Gasteiger partial charge in [-0.15, -0.1) is 5.06 Å². The first kappa shape index (κ1) is 35.4. The monoisotopic (exact) mass is 651 g/mol. The SMILES string of the molecule is O=C(CCC(=O)N1Cc2ccccc2C=Cc2ccccc21)NCCOCCOCCOCCOCCC(=O)ON1C(=O)CCC1=O. The van der Waals surface area contributed by atoms with E-state index in [9.17, 15) is 24.0 Å². The predicted octanol–water partition coefficient (Wildman–Crippen LogP) is 2.66. The quantitative estimate of drug-likeness (QED) is 0.177. The molecule has 4 amide bonds. The second-order valence-corrected chi connectivity index (χ2v) is 10.7. The summed E-state index contributed by atoms with van der Waals surface area (Å²) in [5.74, 6) is -2.08. The molecule has 0 saturated carbocycles. The Kier molecular flexibility index (Phi) is 14.5. The number of rotatable bonds is 19. The number of fused-ring (bicyclic) bond motifs is 2. The summed E-state index contributed by atoms with van der Waals surface area (Å²) in [5, 5.41) is 3.30. The molecule has 0 spiro atoms. The largest absolute Gasteiger partial charge is 0.378 e. The van der Waals surface area contributed by atoms with Gasteiger partial charge < -0.3 is 34.0 Å². The number of nitrogens with zero attached hydrogens (tertiary/aromatic N) is 2. The third-order valence-electron chi connectivity index (χ3n) is 7.25. The fourth-order valence-corrected chi connectivity index (χ4v) is 4.80. The number of benzene rings is 2. The van der Waals surface area contributed by atoms with Crippen LogP contribution in [0.4, 0.5) is 5.69 Å². The summed E-state index contributed by atoms with van der Waals surface area (Å²) in [4.78, 5) is 66.7. The lowest BCUT2D eigenvalue weighted by Gasteiger charge is -2.27. The van der Waals surface area contributed by atoms with Crippen LogP contribution in [0.25, 0.3) is 12.2 Å². The van der Waals surface area contributed by atoms with Gasteiger partial charge in [0.1, 0.15) is 0 Å².